The van der Waals surface area contributed by atoms with Crippen LogP contribution in [-0.2, 0) is 0 Å². The summed E-state index contributed by atoms with van der Waals surface area (Å²) in [5.41, 5.74) is 6.50. The van der Waals surface area contributed by atoms with Gasteiger partial charge < -0.3 is 11.1 Å². The first kappa shape index (κ1) is 26.7. The zero-order valence-electron chi connectivity index (χ0n) is 20.9. The van der Waals surface area contributed by atoms with Crippen LogP contribution in [0.25, 0.3) is 11.3 Å². The number of aromatic nitrogens is 2. The lowest BCUT2D eigenvalue weighted by Crippen LogP contribution is -2.34. The molecule has 1 saturated carbocycles. The normalized spacial score (nSPS) is 19.9. The first-order valence-corrected chi connectivity index (χ1v) is 12.3. The molecule has 3 N–H and O–H groups in total. The third-order valence-electron chi connectivity index (χ3n) is 7.14. The van der Waals surface area contributed by atoms with Crippen LogP contribution in [0, 0.1) is 30.4 Å². The van der Waals surface area contributed by atoms with Crippen molar-refractivity contribution in [2.45, 2.75) is 58.4 Å². The smallest absolute Gasteiger partial charge is 0.274 e. The van der Waals surface area contributed by atoms with Gasteiger partial charge in [-0.15, -0.1) is 0 Å². The minimum absolute atomic E-state index is 0.0544. The number of carbonyl (C=O) groups is 1. The molecule has 1 aliphatic carbocycles. The fourth-order valence-electron chi connectivity index (χ4n) is 5.20. The van der Waals surface area contributed by atoms with Crippen LogP contribution in [0.3, 0.4) is 0 Å². The molecule has 5 nitrogen and oxygen atoms in total. The highest BCUT2D eigenvalue weighted by Crippen LogP contribution is 2.41. The number of nitrogens with two attached hydrogens (primary N) is 1. The van der Waals surface area contributed by atoms with Crippen molar-refractivity contribution in [3.05, 3.63) is 76.7 Å². The Hall–Kier alpha value is -3.33. The number of benzene rings is 1. The minimum atomic E-state index is -2.87. The number of carbonyl (C=O) groups excluding carboxylic acids is 1. The van der Waals surface area contributed by atoms with E-state index < -0.39 is 35.2 Å². The van der Waals surface area contributed by atoms with Gasteiger partial charge in [0, 0.05) is 23.4 Å². The average molecular weight is 515 g/mol. The number of halogens is 4. The Labute approximate surface area is 213 Å². The zero-order chi connectivity index (χ0) is 26.9. The largest absolute Gasteiger partial charge is 0.328 e. The molecule has 0 spiro atoms. The van der Waals surface area contributed by atoms with Crippen LogP contribution in [0.4, 0.5) is 23.2 Å². The second kappa shape index (κ2) is 11.0. The highest BCUT2D eigenvalue weighted by molar-refractivity contribution is 6.03. The Morgan fingerprint density at radius 1 is 1.08 bits per heavy atom. The summed E-state index contributed by atoms with van der Waals surface area (Å²) in [6, 6.07) is 5.85. The molecule has 3 aromatic rings. The molecule has 0 aliphatic heterocycles. The number of aryl methyl sites for hydroxylation is 1. The number of hydrogen-bond donors (Lipinski definition) is 2. The molecule has 37 heavy (non-hydrogen) atoms. The molecular weight excluding hydrogens is 484 g/mol. The quantitative estimate of drug-likeness (QED) is 0.355. The summed E-state index contributed by atoms with van der Waals surface area (Å²) >= 11 is 0. The van der Waals surface area contributed by atoms with Crippen LogP contribution in [0.5, 0.6) is 0 Å². The third-order valence-corrected chi connectivity index (χ3v) is 7.14. The van der Waals surface area contributed by atoms with Gasteiger partial charge >= 0.3 is 0 Å². The summed E-state index contributed by atoms with van der Waals surface area (Å²) in [5, 5.41) is 2.81. The van der Waals surface area contributed by atoms with E-state index in [9.17, 15) is 22.4 Å². The summed E-state index contributed by atoms with van der Waals surface area (Å²) in [5.74, 6) is -1.46. The number of hydrogen-bond acceptors (Lipinski definition) is 4. The Morgan fingerprint density at radius 2 is 1.84 bits per heavy atom. The molecule has 1 aromatic carbocycles. The molecule has 0 bridgehead atoms. The maximum absolute atomic E-state index is 14.7. The summed E-state index contributed by atoms with van der Waals surface area (Å²) < 4.78 is 55.5. The second-order valence-corrected chi connectivity index (χ2v) is 10.1. The van der Waals surface area contributed by atoms with E-state index in [0.29, 0.717) is 23.6 Å². The Bertz CT molecular complexity index is 1270. The number of nitrogens with one attached hydrogen (secondary N) is 1. The zero-order valence-corrected chi connectivity index (χ0v) is 20.9. The van der Waals surface area contributed by atoms with Crippen molar-refractivity contribution in [3.63, 3.8) is 0 Å². The standard InChI is InChI=1S/C28H30F4N4O/c1-14(2)16-9-17(11-19(33)10-16)20-6-7-34-13-24(20)36-28(37)23-5-4-21(29)26(35-23)25-15(3)8-18(27(31)32)12-22(25)30/h4-8,12-14,16-17,19,27H,9-11,33H2,1-3H3,(H,36,37). The molecule has 196 valence electrons. The summed E-state index contributed by atoms with van der Waals surface area (Å²) in [6.07, 6.45) is 3.01. The second-order valence-electron chi connectivity index (χ2n) is 10.1. The first-order valence-electron chi connectivity index (χ1n) is 12.3. The fourth-order valence-corrected chi connectivity index (χ4v) is 5.20. The third kappa shape index (κ3) is 5.82. The van der Waals surface area contributed by atoms with E-state index in [1.807, 2.05) is 6.07 Å². The van der Waals surface area contributed by atoms with Gasteiger partial charge in [-0.1, -0.05) is 13.8 Å². The van der Waals surface area contributed by atoms with Gasteiger partial charge in [-0.2, -0.15) is 0 Å². The minimum Gasteiger partial charge on any atom is -0.328 e. The molecule has 9 heteroatoms. The molecule has 4 rings (SSSR count). The van der Waals surface area contributed by atoms with Crippen LogP contribution in [-0.4, -0.2) is 21.9 Å². The van der Waals surface area contributed by atoms with Gasteiger partial charge in [0.25, 0.3) is 12.3 Å². The molecule has 3 atom stereocenters. The molecule has 0 radical (unpaired) electrons. The molecule has 1 aliphatic rings. The molecule has 0 saturated heterocycles. The Morgan fingerprint density at radius 3 is 2.51 bits per heavy atom. The van der Waals surface area contributed by atoms with E-state index in [2.05, 4.69) is 29.1 Å². The SMILES string of the molecule is Cc1cc(C(F)F)cc(F)c1-c1nc(C(=O)Nc2cnccc2C2CC(N)CC(C(C)C)C2)ccc1F. The number of anilines is 1. The van der Waals surface area contributed by atoms with Crippen molar-refractivity contribution in [2.75, 3.05) is 5.32 Å². The molecular formula is C28H30F4N4O. The predicted molar refractivity (Wildman–Crippen MR) is 134 cm³/mol. The predicted octanol–water partition coefficient (Wildman–Crippen LogP) is 6.79. The van der Waals surface area contributed by atoms with Gasteiger partial charge in [-0.3, -0.25) is 9.78 Å². The van der Waals surface area contributed by atoms with Crippen molar-refractivity contribution in [2.24, 2.45) is 17.6 Å². The number of pyridine rings is 2. The maximum atomic E-state index is 14.7. The van der Waals surface area contributed by atoms with E-state index >= 15 is 0 Å². The maximum Gasteiger partial charge on any atom is 0.274 e. The Kier molecular flexibility index (Phi) is 7.92. The van der Waals surface area contributed by atoms with Crippen LogP contribution < -0.4 is 11.1 Å². The number of alkyl halides is 2. The molecule has 3 unspecified atom stereocenters. The van der Waals surface area contributed by atoms with Gasteiger partial charge in [-0.05, 0) is 85.4 Å². The summed E-state index contributed by atoms with van der Waals surface area (Å²) in [6.45, 7) is 5.75. The lowest BCUT2D eigenvalue weighted by atomic mass is 9.72. The van der Waals surface area contributed by atoms with Gasteiger partial charge in [0.05, 0.1) is 11.9 Å². The van der Waals surface area contributed by atoms with Crippen LogP contribution in [0.2, 0.25) is 0 Å². The number of amides is 1. The van der Waals surface area contributed by atoms with Crippen molar-refractivity contribution in [1.29, 1.82) is 0 Å². The van der Waals surface area contributed by atoms with Crippen molar-refractivity contribution in [1.82, 2.24) is 9.97 Å². The lowest BCUT2D eigenvalue weighted by molar-refractivity contribution is 0.102. The van der Waals surface area contributed by atoms with Crippen LogP contribution >= 0.6 is 0 Å². The first-order chi connectivity index (χ1) is 17.5. The summed E-state index contributed by atoms with van der Waals surface area (Å²) in [4.78, 5) is 21.4. The van der Waals surface area contributed by atoms with Crippen LogP contribution in [0.15, 0.2) is 42.7 Å². The van der Waals surface area contributed by atoms with Crippen molar-refractivity contribution < 1.29 is 22.4 Å². The topological polar surface area (TPSA) is 80.9 Å². The highest BCUT2D eigenvalue weighted by Gasteiger charge is 2.31. The van der Waals surface area contributed by atoms with E-state index in [-0.39, 0.29) is 28.8 Å². The van der Waals surface area contributed by atoms with Gasteiger partial charge in [0.1, 0.15) is 23.0 Å². The van der Waals surface area contributed by atoms with Gasteiger partial charge in [0.2, 0.25) is 0 Å². The van der Waals surface area contributed by atoms with E-state index in [1.54, 1.807) is 12.4 Å². The van der Waals surface area contributed by atoms with Crippen molar-refractivity contribution in [3.8, 4) is 11.3 Å². The highest BCUT2D eigenvalue weighted by atomic mass is 19.3. The molecule has 2 heterocycles. The number of rotatable bonds is 6. The van der Waals surface area contributed by atoms with Crippen LogP contribution in [0.1, 0.15) is 72.6 Å². The van der Waals surface area contributed by atoms with Crippen molar-refractivity contribution >= 4 is 11.6 Å². The average Bonchev–Trinajstić information content (AvgIpc) is 2.84. The summed E-state index contributed by atoms with van der Waals surface area (Å²) in [7, 11) is 0. The Balaban J connectivity index is 1.63. The van der Waals surface area contributed by atoms with Gasteiger partial charge in [0.15, 0.2) is 0 Å². The molecule has 1 amide bonds. The fraction of sp³-hybridized carbons (Fsp3) is 0.393. The lowest BCUT2D eigenvalue weighted by Gasteiger charge is -2.36. The van der Waals surface area contributed by atoms with E-state index in [0.717, 1.165) is 37.0 Å². The molecule has 1 fully saturated rings. The van der Waals surface area contributed by atoms with E-state index in [4.69, 9.17) is 5.73 Å². The monoisotopic (exact) mass is 514 g/mol. The van der Waals surface area contributed by atoms with E-state index in [1.165, 1.54) is 13.0 Å². The van der Waals surface area contributed by atoms with Gasteiger partial charge in [-0.25, -0.2) is 22.5 Å². The number of nitrogens with zero attached hydrogens (tertiary/aromatic N) is 2. The molecule has 2 aromatic heterocycles.